The van der Waals surface area contributed by atoms with Crippen molar-refractivity contribution in [3.8, 4) is 5.75 Å². The van der Waals surface area contributed by atoms with Gasteiger partial charge >= 0.3 is 5.97 Å². The summed E-state index contributed by atoms with van der Waals surface area (Å²) in [5, 5.41) is 12.7. The number of thiophene rings is 1. The van der Waals surface area contributed by atoms with Crippen molar-refractivity contribution in [2.75, 3.05) is 19.7 Å². The summed E-state index contributed by atoms with van der Waals surface area (Å²) < 4.78 is 6.86. The van der Waals surface area contributed by atoms with Gasteiger partial charge in [0.15, 0.2) is 0 Å². The van der Waals surface area contributed by atoms with Crippen LogP contribution in [0.15, 0.2) is 28.4 Å². The van der Waals surface area contributed by atoms with Crippen LogP contribution >= 0.6 is 11.3 Å². The summed E-state index contributed by atoms with van der Waals surface area (Å²) in [6, 6.07) is 5.32. The van der Waals surface area contributed by atoms with Gasteiger partial charge in [0, 0.05) is 17.1 Å². The van der Waals surface area contributed by atoms with E-state index in [1.807, 2.05) is 38.3 Å². The first-order valence-corrected chi connectivity index (χ1v) is 10.7. The van der Waals surface area contributed by atoms with Gasteiger partial charge in [-0.1, -0.05) is 6.07 Å². The second kappa shape index (κ2) is 8.92. The molecule has 152 valence electrons. The summed E-state index contributed by atoms with van der Waals surface area (Å²) >= 11 is 1.58. The molecule has 1 fully saturated rings. The summed E-state index contributed by atoms with van der Waals surface area (Å²) in [5.41, 5.74) is 1.02. The van der Waals surface area contributed by atoms with Crippen LogP contribution in [-0.4, -0.2) is 40.2 Å². The minimum Gasteiger partial charge on any atom is -0.507 e. The average molecular weight is 405 g/mol. The second-order valence-electron chi connectivity index (χ2n) is 7.11. The van der Waals surface area contributed by atoms with Gasteiger partial charge in [-0.2, -0.15) is 0 Å². The minimum atomic E-state index is -0.311. The summed E-state index contributed by atoms with van der Waals surface area (Å²) in [6.45, 7) is 7.87. The molecule has 1 N–H and O–H groups in total. The maximum absolute atomic E-state index is 13.2. The summed E-state index contributed by atoms with van der Waals surface area (Å²) in [5.74, 6) is -0.196. The van der Waals surface area contributed by atoms with Gasteiger partial charge in [0.2, 0.25) is 0 Å². The Morgan fingerprint density at radius 2 is 2.07 bits per heavy atom. The lowest BCUT2D eigenvalue weighted by Gasteiger charge is -2.36. The molecule has 0 bridgehead atoms. The van der Waals surface area contributed by atoms with Crippen LogP contribution in [0.5, 0.6) is 5.75 Å². The SMILES string of the molecule is CCOC(=O)C1CCN(C(c2cccs2)c2c(O)cc(C)n(CC)c2=O)CC1. The van der Waals surface area contributed by atoms with Crippen LogP contribution in [0.4, 0.5) is 0 Å². The third-order valence-electron chi connectivity index (χ3n) is 5.44. The predicted molar refractivity (Wildman–Crippen MR) is 110 cm³/mol. The Kier molecular flexibility index (Phi) is 6.57. The van der Waals surface area contributed by atoms with Crippen LogP contribution in [0.2, 0.25) is 0 Å². The van der Waals surface area contributed by atoms with Crippen molar-refractivity contribution in [2.24, 2.45) is 5.92 Å². The molecular formula is C21H28N2O4S. The van der Waals surface area contributed by atoms with E-state index in [2.05, 4.69) is 4.90 Å². The number of aromatic nitrogens is 1. The molecule has 0 aromatic carbocycles. The zero-order chi connectivity index (χ0) is 20.3. The molecule has 0 aliphatic carbocycles. The molecule has 0 saturated carbocycles. The number of nitrogens with zero attached hydrogens (tertiary/aromatic N) is 2. The van der Waals surface area contributed by atoms with Gasteiger partial charge < -0.3 is 14.4 Å². The summed E-state index contributed by atoms with van der Waals surface area (Å²) in [7, 11) is 0. The Balaban J connectivity index is 1.96. The van der Waals surface area contributed by atoms with Gasteiger partial charge in [-0.3, -0.25) is 14.5 Å². The quantitative estimate of drug-likeness (QED) is 0.748. The van der Waals surface area contributed by atoms with Crippen LogP contribution in [0.3, 0.4) is 0 Å². The Hall–Kier alpha value is -2.12. The fraction of sp³-hybridized carbons (Fsp3) is 0.524. The molecular weight excluding hydrogens is 376 g/mol. The van der Waals surface area contributed by atoms with Gasteiger partial charge in [0.05, 0.1) is 24.1 Å². The lowest BCUT2D eigenvalue weighted by atomic mass is 9.93. The number of esters is 1. The van der Waals surface area contributed by atoms with Crippen LogP contribution in [-0.2, 0) is 16.1 Å². The molecule has 1 aliphatic rings. The monoisotopic (exact) mass is 404 g/mol. The predicted octanol–water partition coefficient (Wildman–Crippen LogP) is 3.31. The number of ether oxygens (including phenoxy) is 1. The number of carbonyl (C=O) groups excluding carboxylic acids is 1. The van der Waals surface area contributed by atoms with E-state index in [0.29, 0.717) is 44.6 Å². The first-order valence-electron chi connectivity index (χ1n) is 9.85. The van der Waals surface area contributed by atoms with E-state index in [1.165, 1.54) is 0 Å². The third kappa shape index (κ3) is 4.00. The molecule has 1 saturated heterocycles. The number of rotatable bonds is 6. The highest BCUT2D eigenvalue weighted by Gasteiger charge is 2.34. The molecule has 0 spiro atoms. The fourth-order valence-corrected chi connectivity index (χ4v) is 4.89. The zero-order valence-electron chi connectivity index (χ0n) is 16.7. The van der Waals surface area contributed by atoms with Gasteiger partial charge in [0.25, 0.3) is 5.56 Å². The van der Waals surface area contributed by atoms with Crippen molar-refractivity contribution in [3.05, 3.63) is 50.1 Å². The Bertz CT molecular complexity index is 867. The first-order chi connectivity index (χ1) is 13.5. The molecule has 0 radical (unpaired) electrons. The molecule has 28 heavy (non-hydrogen) atoms. The summed E-state index contributed by atoms with van der Waals surface area (Å²) in [6.07, 6.45) is 1.38. The molecule has 2 aromatic heterocycles. The number of piperidine rings is 1. The average Bonchev–Trinajstić information content (AvgIpc) is 3.20. The van der Waals surface area contributed by atoms with Crippen molar-refractivity contribution < 1.29 is 14.6 Å². The maximum Gasteiger partial charge on any atom is 0.309 e. The Morgan fingerprint density at radius 1 is 1.36 bits per heavy atom. The highest BCUT2D eigenvalue weighted by atomic mass is 32.1. The number of aromatic hydroxyl groups is 1. The number of likely N-dealkylation sites (tertiary alicyclic amines) is 1. The third-order valence-corrected chi connectivity index (χ3v) is 6.36. The topological polar surface area (TPSA) is 71.8 Å². The molecule has 1 atom stereocenters. The smallest absolute Gasteiger partial charge is 0.309 e. The van der Waals surface area contributed by atoms with Crippen molar-refractivity contribution >= 4 is 17.3 Å². The number of hydrogen-bond acceptors (Lipinski definition) is 6. The van der Waals surface area contributed by atoms with Gasteiger partial charge in [-0.25, -0.2) is 0 Å². The fourth-order valence-electron chi connectivity index (χ4n) is 4.02. The summed E-state index contributed by atoms with van der Waals surface area (Å²) in [4.78, 5) is 28.5. The number of carbonyl (C=O) groups is 1. The normalized spacial score (nSPS) is 16.8. The Morgan fingerprint density at radius 3 is 2.64 bits per heavy atom. The van der Waals surface area contributed by atoms with Crippen molar-refractivity contribution in [3.63, 3.8) is 0 Å². The first kappa shape index (κ1) is 20.6. The zero-order valence-corrected chi connectivity index (χ0v) is 17.5. The van der Waals surface area contributed by atoms with E-state index in [9.17, 15) is 14.7 Å². The molecule has 3 rings (SSSR count). The van der Waals surface area contributed by atoms with Crippen molar-refractivity contribution in [1.82, 2.24) is 9.47 Å². The molecule has 2 aromatic rings. The van der Waals surface area contributed by atoms with Gasteiger partial charge in [-0.05, 0) is 64.2 Å². The van der Waals surface area contributed by atoms with Crippen molar-refractivity contribution in [2.45, 2.75) is 46.2 Å². The minimum absolute atomic E-state index is 0.0399. The molecule has 3 heterocycles. The van der Waals surface area contributed by atoms with Crippen LogP contribution in [0.25, 0.3) is 0 Å². The second-order valence-corrected chi connectivity index (χ2v) is 8.09. The van der Waals surface area contributed by atoms with Crippen LogP contribution < -0.4 is 5.56 Å². The lowest BCUT2D eigenvalue weighted by Crippen LogP contribution is -2.41. The molecule has 1 aliphatic heterocycles. The van der Waals surface area contributed by atoms with E-state index < -0.39 is 0 Å². The molecule has 7 heteroatoms. The van der Waals surface area contributed by atoms with E-state index in [0.717, 1.165) is 10.6 Å². The molecule has 1 unspecified atom stereocenters. The lowest BCUT2D eigenvalue weighted by molar-refractivity contribution is -0.149. The van der Waals surface area contributed by atoms with Gasteiger partial charge in [0.1, 0.15) is 5.75 Å². The highest BCUT2D eigenvalue weighted by molar-refractivity contribution is 7.10. The maximum atomic E-state index is 13.2. The van der Waals surface area contributed by atoms with E-state index in [4.69, 9.17) is 4.74 Å². The molecule has 0 amide bonds. The number of pyridine rings is 1. The number of aryl methyl sites for hydroxylation is 1. The Labute approximate surface area is 169 Å². The van der Waals surface area contributed by atoms with E-state index >= 15 is 0 Å². The van der Waals surface area contributed by atoms with Crippen LogP contribution in [0.1, 0.15) is 48.9 Å². The van der Waals surface area contributed by atoms with Gasteiger partial charge in [-0.15, -0.1) is 11.3 Å². The largest absolute Gasteiger partial charge is 0.507 e. The van der Waals surface area contributed by atoms with E-state index in [1.54, 1.807) is 22.0 Å². The van der Waals surface area contributed by atoms with Crippen LogP contribution in [0, 0.1) is 12.8 Å². The van der Waals surface area contributed by atoms with Crippen molar-refractivity contribution in [1.29, 1.82) is 0 Å². The number of hydrogen-bond donors (Lipinski definition) is 1. The standard InChI is InChI=1S/C21H28N2O4S/c1-4-23-14(3)13-16(24)18(20(23)25)19(17-7-6-12-28-17)22-10-8-15(9-11-22)21(26)27-5-2/h6-7,12-13,15,19,24H,4-5,8-11H2,1-3H3. The highest BCUT2D eigenvalue weighted by Crippen LogP contribution is 2.37. The van der Waals surface area contributed by atoms with E-state index in [-0.39, 0.29) is 29.2 Å². The molecule has 6 nitrogen and oxygen atoms in total.